The van der Waals surface area contributed by atoms with E-state index in [9.17, 15) is 9.90 Å². The molecular formula is C22H24BrN5O2S. The molecule has 0 aliphatic carbocycles. The molecule has 0 atom stereocenters. The van der Waals surface area contributed by atoms with E-state index in [0.29, 0.717) is 30.7 Å². The van der Waals surface area contributed by atoms with Crippen molar-refractivity contribution in [2.24, 2.45) is 4.99 Å². The maximum atomic E-state index is 12.8. The first-order chi connectivity index (χ1) is 14.7. The molecule has 1 saturated heterocycles. The van der Waals surface area contributed by atoms with Crippen LogP contribution in [0.25, 0.3) is 15.8 Å². The molecule has 31 heavy (non-hydrogen) atoms. The number of fused-ring (bicyclic) bond motifs is 1. The molecule has 2 aliphatic rings. The minimum Gasteiger partial charge on any atom is -0.383 e. The molecule has 0 saturated carbocycles. The van der Waals surface area contributed by atoms with Gasteiger partial charge in [-0.2, -0.15) is 0 Å². The highest BCUT2D eigenvalue weighted by Gasteiger charge is 2.31. The smallest absolute Gasteiger partial charge is 0.328 e. The molecule has 9 heteroatoms. The number of urea groups is 1. The minimum atomic E-state index is -1.06. The Balaban J connectivity index is 1.69. The molecule has 0 radical (unpaired) electrons. The highest BCUT2D eigenvalue weighted by atomic mass is 79.9. The standard InChI is InChI=1S/C22H24BrN5O2S/c1-5-27-12-26(4)13-28(21(27)29)20-25-17-10-15(9-16(23)19(17)31-20)14-7-6-8-18(24-11-14)22(2,3)30/h6-7,9-11,30H,5,12-13H2,1-4H3. The van der Waals surface area contributed by atoms with Crippen molar-refractivity contribution in [1.29, 1.82) is 0 Å². The van der Waals surface area contributed by atoms with Crippen LogP contribution < -0.4 is 4.90 Å². The normalized spacial score (nSPS) is 17.9. The number of carbonyl (C=O) groups excluding carboxylic acids is 1. The Labute approximate surface area is 193 Å². The van der Waals surface area contributed by atoms with Gasteiger partial charge in [0.1, 0.15) is 11.3 Å². The van der Waals surface area contributed by atoms with Crippen LogP contribution in [0.4, 0.5) is 9.93 Å². The van der Waals surface area contributed by atoms with E-state index < -0.39 is 5.60 Å². The lowest BCUT2D eigenvalue weighted by Gasteiger charge is -2.38. The van der Waals surface area contributed by atoms with E-state index >= 15 is 0 Å². The van der Waals surface area contributed by atoms with Crippen molar-refractivity contribution >= 4 is 60.4 Å². The zero-order chi connectivity index (χ0) is 22.3. The number of rotatable bonds is 4. The number of benzene rings is 1. The molecule has 1 aromatic carbocycles. The summed E-state index contributed by atoms with van der Waals surface area (Å²) in [5.74, 6) is 0. The van der Waals surface area contributed by atoms with Gasteiger partial charge in [0.2, 0.25) is 0 Å². The third-order valence-electron chi connectivity index (χ3n) is 5.07. The Morgan fingerprint density at radius 2 is 2.10 bits per heavy atom. The second-order valence-corrected chi connectivity index (χ2v) is 9.94. The van der Waals surface area contributed by atoms with Crippen molar-refractivity contribution in [3.05, 3.63) is 45.7 Å². The van der Waals surface area contributed by atoms with Crippen molar-refractivity contribution in [2.45, 2.75) is 26.4 Å². The van der Waals surface area contributed by atoms with E-state index in [2.05, 4.69) is 31.6 Å². The Hall–Kier alpha value is -2.29. The molecule has 2 aromatic rings. The number of hydrogen-bond acceptors (Lipinski definition) is 6. The van der Waals surface area contributed by atoms with Crippen molar-refractivity contribution < 1.29 is 9.90 Å². The van der Waals surface area contributed by atoms with Crippen LogP contribution in [-0.4, -0.2) is 64.7 Å². The van der Waals surface area contributed by atoms with Crippen LogP contribution in [0.3, 0.4) is 0 Å². The molecule has 0 bridgehead atoms. The largest absolute Gasteiger partial charge is 0.383 e. The summed E-state index contributed by atoms with van der Waals surface area (Å²) < 4.78 is 1.90. The number of thiazole rings is 1. The molecule has 0 spiro atoms. The third kappa shape index (κ3) is 4.37. The van der Waals surface area contributed by atoms with Gasteiger partial charge in [-0.25, -0.2) is 14.8 Å². The minimum absolute atomic E-state index is 0.0232. The monoisotopic (exact) mass is 501 g/mol. The van der Waals surface area contributed by atoms with Gasteiger partial charge in [-0.05, 0) is 73.6 Å². The fourth-order valence-corrected chi connectivity index (χ4v) is 5.07. The van der Waals surface area contributed by atoms with Crippen LogP contribution in [0.5, 0.6) is 0 Å². The number of allylic oxidation sites excluding steroid dienone is 2. The number of amides is 2. The summed E-state index contributed by atoms with van der Waals surface area (Å²) in [6.45, 7) is 7.12. The number of nitrogens with zero attached hydrogens (tertiary/aromatic N) is 5. The predicted octanol–water partition coefficient (Wildman–Crippen LogP) is 4.45. The Morgan fingerprint density at radius 1 is 1.32 bits per heavy atom. The van der Waals surface area contributed by atoms with Gasteiger partial charge in [0.25, 0.3) is 0 Å². The highest BCUT2D eigenvalue weighted by Crippen LogP contribution is 2.37. The van der Waals surface area contributed by atoms with Crippen LogP contribution in [0.1, 0.15) is 26.3 Å². The van der Waals surface area contributed by atoms with E-state index in [-0.39, 0.29) is 6.03 Å². The quantitative estimate of drug-likeness (QED) is 0.628. The van der Waals surface area contributed by atoms with Gasteiger partial charge in [0.15, 0.2) is 5.13 Å². The number of aliphatic hydroxyl groups is 1. The van der Waals surface area contributed by atoms with E-state index in [1.54, 1.807) is 35.9 Å². The van der Waals surface area contributed by atoms with Gasteiger partial charge in [0, 0.05) is 22.8 Å². The molecule has 1 fully saturated rings. The first kappa shape index (κ1) is 21.9. The van der Waals surface area contributed by atoms with Crippen molar-refractivity contribution in [3.63, 3.8) is 0 Å². The fourth-order valence-electron chi connectivity index (χ4n) is 3.44. The molecular weight excluding hydrogens is 478 g/mol. The number of aromatic nitrogens is 1. The van der Waals surface area contributed by atoms with Crippen molar-refractivity contribution in [2.75, 3.05) is 31.8 Å². The molecule has 162 valence electrons. The number of halogens is 1. The van der Waals surface area contributed by atoms with Gasteiger partial charge in [-0.1, -0.05) is 17.1 Å². The Kier molecular flexibility index (Phi) is 5.89. The van der Waals surface area contributed by atoms with Crippen LogP contribution in [0, 0.1) is 0 Å². The number of carbonyl (C=O) groups is 1. The number of anilines is 1. The molecule has 7 nitrogen and oxygen atoms in total. The summed E-state index contributed by atoms with van der Waals surface area (Å²) >= 11 is 5.17. The van der Waals surface area contributed by atoms with Gasteiger partial charge in [-0.3, -0.25) is 9.80 Å². The summed E-state index contributed by atoms with van der Waals surface area (Å²) in [7, 11) is 1.99. The van der Waals surface area contributed by atoms with Gasteiger partial charge in [-0.15, -0.1) is 0 Å². The van der Waals surface area contributed by atoms with E-state index in [1.165, 1.54) is 11.3 Å². The molecule has 2 amide bonds. The average Bonchev–Trinajstić information content (AvgIpc) is 2.97. The SMILES string of the molecule is CCN1CN(C)CN(c2nc3cc(C4=CC=C=C(C(C)(C)O)N=C4)cc(Br)c3s2)C1=O. The molecule has 1 N–H and O–H groups in total. The van der Waals surface area contributed by atoms with Crippen LogP contribution in [0.15, 0.2) is 45.2 Å². The number of aliphatic imine (C=N–C) groups is 1. The van der Waals surface area contributed by atoms with Gasteiger partial charge in [0.05, 0.1) is 23.6 Å². The van der Waals surface area contributed by atoms with E-state index in [1.807, 2.05) is 32.2 Å². The van der Waals surface area contributed by atoms with Crippen LogP contribution >= 0.6 is 27.3 Å². The summed E-state index contributed by atoms with van der Waals surface area (Å²) in [6.07, 6.45) is 5.40. The fraction of sp³-hybridized carbons (Fsp3) is 0.364. The first-order valence-corrected chi connectivity index (χ1v) is 11.6. The molecule has 4 rings (SSSR count). The van der Waals surface area contributed by atoms with Gasteiger partial charge < -0.3 is 10.0 Å². The lowest BCUT2D eigenvalue weighted by Crippen LogP contribution is -2.56. The summed E-state index contributed by atoms with van der Waals surface area (Å²) in [4.78, 5) is 27.6. The Bertz CT molecular complexity index is 1170. The number of hydrogen-bond donors (Lipinski definition) is 1. The van der Waals surface area contributed by atoms with E-state index in [0.717, 1.165) is 25.8 Å². The third-order valence-corrected chi connectivity index (χ3v) is 7.09. The average molecular weight is 502 g/mol. The van der Waals surface area contributed by atoms with Crippen LogP contribution in [-0.2, 0) is 0 Å². The lowest BCUT2D eigenvalue weighted by molar-refractivity contribution is 0.119. The molecule has 0 unspecified atom stereocenters. The van der Waals surface area contributed by atoms with Crippen molar-refractivity contribution in [1.82, 2.24) is 14.8 Å². The van der Waals surface area contributed by atoms with Crippen molar-refractivity contribution in [3.8, 4) is 0 Å². The lowest BCUT2D eigenvalue weighted by atomic mass is 10.1. The maximum Gasteiger partial charge on any atom is 0.328 e. The summed E-state index contributed by atoms with van der Waals surface area (Å²) in [5, 5.41) is 10.9. The van der Waals surface area contributed by atoms with E-state index in [4.69, 9.17) is 4.98 Å². The molecule has 2 aliphatic heterocycles. The topological polar surface area (TPSA) is 72.3 Å². The second kappa shape index (κ2) is 8.33. The Morgan fingerprint density at radius 3 is 2.81 bits per heavy atom. The summed E-state index contributed by atoms with van der Waals surface area (Å²) in [6, 6.07) is 3.99. The first-order valence-electron chi connectivity index (χ1n) is 9.96. The summed E-state index contributed by atoms with van der Waals surface area (Å²) in [5.41, 5.74) is 5.07. The highest BCUT2D eigenvalue weighted by molar-refractivity contribution is 9.10. The zero-order valence-corrected chi connectivity index (χ0v) is 20.3. The van der Waals surface area contributed by atoms with Crippen LogP contribution in [0.2, 0.25) is 0 Å². The second-order valence-electron chi connectivity index (χ2n) is 8.11. The maximum absolute atomic E-state index is 12.8. The zero-order valence-electron chi connectivity index (χ0n) is 17.9. The molecule has 3 heterocycles. The predicted molar refractivity (Wildman–Crippen MR) is 129 cm³/mol. The van der Waals surface area contributed by atoms with Gasteiger partial charge >= 0.3 is 6.03 Å². The molecule has 1 aromatic heterocycles.